The number of hydrogen-bond acceptors (Lipinski definition) is 4. The summed E-state index contributed by atoms with van der Waals surface area (Å²) in [5.74, 6) is 4.23. The smallest absolute Gasteiger partial charge is 0.185 e. The highest BCUT2D eigenvalue weighted by Gasteiger charge is 2.62. The molecule has 0 unspecified atom stereocenters. The first-order valence-electron chi connectivity index (χ1n) is 17.1. The van der Waals surface area contributed by atoms with Gasteiger partial charge in [0, 0.05) is 6.42 Å². The Balaban J connectivity index is 1.21. The molecule has 1 aromatic carbocycles. The molecule has 0 radical (unpaired) electrons. The second-order valence-electron chi connectivity index (χ2n) is 16.6. The summed E-state index contributed by atoms with van der Waals surface area (Å²) < 4.78 is 26.1. The van der Waals surface area contributed by atoms with Crippen LogP contribution < -0.4 is 0 Å². The molecule has 10 atom stereocenters. The Hall–Kier alpha value is -1.20. The predicted molar refractivity (Wildman–Crippen MR) is 171 cm³/mol. The second kappa shape index (κ2) is 11.6. The third-order valence-electron chi connectivity index (χ3n) is 13.4. The molecule has 0 bridgehead atoms. The van der Waals surface area contributed by atoms with E-state index in [1.54, 1.807) is 12.1 Å². The first-order chi connectivity index (χ1) is 19.6. The van der Waals surface area contributed by atoms with Crippen LogP contribution in [0.2, 0.25) is 0 Å². The summed E-state index contributed by atoms with van der Waals surface area (Å²) in [7, 11) is -3.63. The van der Waals surface area contributed by atoms with Crippen molar-refractivity contribution in [3.63, 3.8) is 0 Å². The normalized spacial score (nSPS) is 39.2. The summed E-state index contributed by atoms with van der Waals surface area (Å²) in [6.07, 6.45) is 11.9. The number of aliphatic hydroxyl groups excluding tert-OH is 1. The van der Waals surface area contributed by atoms with Crippen molar-refractivity contribution < 1.29 is 18.3 Å². The zero-order chi connectivity index (χ0) is 30.7. The number of rotatable bonds is 8. The molecule has 42 heavy (non-hydrogen) atoms. The quantitative estimate of drug-likeness (QED) is 0.326. The van der Waals surface area contributed by atoms with E-state index in [1.165, 1.54) is 44.9 Å². The van der Waals surface area contributed by atoms with Gasteiger partial charge in [-0.1, -0.05) is 67.0 Å². The van der Waals surface area contributed by atoms with Crippen LogP contribution in [0.3, 0.4) is 0 Å². The fourth-order valence-corrected chi connectivity index (χ4v) is 12.3. The number of carbonyl (C=O) groups excluding carboxylic acids is 1. The molecule has 0 aromatic heterocycles. The highest BCUT2D eigenvalue weighted by molar-refractivity contribution is 7.92. The number of aliphatic hydroxyl groups is 1. The molecule has 1 N–H and O–H groups in total. The van der Waals surface area contributed by atoms with Crippen molar-refractivity contribution in [2.75, 3.05) is 5.75 Å². The van der Waals surface area contributed by atoms with Crippen molar-refractivity contribution in [3.05, 3.63) is 29.8 Å². The SMILES string of the molecule is CC[C@H]1C[C@@H]2[C@H](CC[C@]3(C)[C@@H]([C@H](C)CCC(=O)CS(=O)(=O)c4ccc(C(C)(C)C)cc4)CC[C@@H]23)[C@@]2(C)CC[C@@H](O)C[C@@H]12. The van der Waals surface area contributed by atoms with Crippen LogP contribution >= 0.6 is 0 Å². The number of ketones is 1. The third-order valence-corrected chi connectivity index (χ3v) is 15.1. The maximum absolute atomic E-state index is 13.0. The van der Waals surface area contributed by atoms with Gasteiger partial charge in [0.2, 0.25) is 0 Å². The Morgan fingerprint density at radius 3 is 2.24 bits per heavy atom. The summed E-state index contributed by atoms with van der Waals surface area (Å²) in [5.41, 5.74) is 1.74. The Labute approximate surface area is 256 Å². The van der Waals surface area contributed by atoms with Crippen LogP contribution in [-0.4, -0.2) is 31.2 Å². The van der Waals surface area contributed by atoms with Crippen molar-refractivity contribution in [2.45, 2.75) is 136 Å². The average Bonchev–Trinajstić information content (AvgIpc) is 3.28. The number of benzene rings is 1. The first-order valence-corrected chi connectivity index (χ1v) is 18.8. The molecule has 4 aliphatic rings. The molecule has 0 aliphatic heterocycles. The predicted octanol–water partition coefficient (Wildman–Crippen LogP) is 8.40. The highest BCUT2D eigenvalue weighted by Crippen LogP contribution is 2.69. The molecule has 236 valence electrons. The maximum Gasteiger partial charge on any atom is 0.185 e. The number of Topliss-reactive ketones (excluding diaryl/α,β-unsaturated/α-hetero) is 1. The van der Waals surface area contributed by atoms with E-state index in [0.29, 0.717) is 35.0 Å². The van der Waals surface area contributed by atoms with Crippen LogP contribution in [-0.2, 0) is 20.0 Å². The molecule has 0 spiro atoms. The minimum Gasteiger partial charge on any atom is -0.393 e. The summed E-state index contributed by atoms with van der Waals surface area (Å²) in [6, 6.07) is 7.07. The number of carbonyl (C=O) groups is 1. The molecular weight excluding hydrogens is 540 g/mol. The van der Waals surface area contributed by atoms with E-state index in [0.717, 1.165) is 48.5 Å². The van der Waals surface area contributed by atoms with Crippen LogP contribution in [0.1, 0.15) is 125 Å². The zero-order valence-corrected chi connectivity index (χ0v) is 28.3. The lowest BCUT2D eigenvalue weighted by Gasteiger charge is -2.63. The van der Waals surface area contributed by atoms with E-state index in [1.807, 2.05) is 12.1 Å². The van der Waals surface area contributed by atoms with Gasteiger partial charge >= 0.3 is 0 Å². The molecule has 1 aromatic rings. The van der Waals surface area contributed by atoms with Gasteiger partial charge in [-0.15, -0.1) is 0 Å². The Morgan fingerprint density at radius 1 is 0.952 bits per heavy atom. The molecule has 0 amide bonds. The Morgan fingerprint density at radius 2 is 1.60 bits per heavy atom. The molecule has 5 rings (SSSR count). The molecule has 5 heteroatoms. The van der Waals surface area contributed by atoms with E-state index < -0.39 is 15.6 Å². The number of hydrogen-bond donors (Lipinski definition) is 1. The van der Waals surface area contributed by atoms with Gasteiger partial charge in [0.25, 0.3) is 0 Å². The van der Waals surface area contributed by atoms with Crippen molar-refractivity contribution in [1.82, 2.24) is 0 Å². The van der Waals surface area contributed by atoms with Gasteiger partial charge in [-0.05, 0) is 133 Å². The summed E-state index contributed by atoms with van der Waals surface area (Å²) in [6.45, 7) is 16.2. The van der Waals surface area contributed by atoms with Gasteiger partial charge in [-0.3, -0.25) is 4.79 Å². The minimum atomic E-state index is -3.63. The van der Waals surface area contributed by atoms with Gasteiger partial charge < -0.3 is 5.11 Å². The van der Waals surface area contributed by atoms with Gasteiger partial charge in [-0.25, -0.2) is 8.42 Å². The summed E-state index contributed by atoms with van der Waals surface area (Å²) in [4.78, 5) is 13.2. The first kappa shape index (κ1) is 32.2. The Bertz CT molecular complexity index is 1230. The van der Waals surface area contributed by atoms with Crippen molar-refractivity contribution in [1.29, 1.82) is 0 Å². The van der Waals surface area contributed by atoms with Crippen LogP contribution in [0.15, 0.2) is 29.2 Å². The molecule has 4 nitrogen and oxygen atoms in total. The maximum atomic E-state index is 13.0. The molecule has 4 saturated carbocycles. The lowest BCUT2D eigenvalue weighted by Crippen LogP contribution is -2.56. The Kier molecular flexibility index (Phi) is 8.91. The fourth-order valence-electron chi connectivity index (χ4n) is 11.0. The summed E-state index contributed by atoms with van der Waals surface area (Å²) >= 11 is 0. The lowest BCUT2D eigenvalue weighted by atomic mass is 9.42. The molecule has 0 saturated heterocycles. The third kappa shape index (κ3) is 5.80. The topological polar surface area (TPSA) is 71.4 Å². The van der Waals surface area contributed by atoms with Crippen LogP contribution in [0.25, 0.3) is 0 Å². The average molecular weight is 599 g/mol. The number of fused-ring (bicyclic) bond motifs is 5. The molecular formula is C37H58O4S. The van der Waals surface area contributed by atoms with Crippen molar-refractivity contribution >= 4 is 15.6 Å². The zero-order valence-electron chi connectivity index (χ0n) is 27.5. The van der Waals surface area contributed by atoms with Crippen molar-refractivity contribution in [3.8, 4) is 0 Å². The highest BCUT2D eigenvalue weighted by atomic mass is 32.2. The molecule has 0 heterocycles. The second-order valence-corrected chi connectivity index (χ2v) is 18.6. The van der Waals surface area contributed by atoms with E-state index in [-0.39, 0.29) is 22.2 Å². The fraction of sp³-hybridized carbons (Fsp3) is 0.811. The van der Waals surface area contributed by atoms with Crippen LogP contribution in [0.4, 0.5) is 0 Å². The number of sulfone groups is 1. The monoisotopic (exact) mass is 598 g/mol. The van der Waals surface area contributed by atoms with Gasteiger partial charge in [0.15, 0.2) is 9.84 Å². The lowest BCUT2D eigenvalue weighted by molar-refractivity contribution is -0.152. The van der Waals surface area contributed by atoms with E-state index in [4.69, 9.17) is 0 Å². The van der Waals surface area contributed by atoms with E-state index in [2.05, 4.69) is 48.5 Å². The summed E-state index contributed by atoms with van der Waals surface area (Å²) in [5, 5.41) is 10.5. The van der Waals surface area contributed by atoms with E-state index in [9.17, 15) is 18.3 Å². The standard InChI is InChI=1S/C37H58O4S/c1-8-25-21-30-32-16-15-31(36(32,6)20-18-33(30)37(7)19-17-27(38)22-34(25)37)24(2)9-12-28(39)23-42(40,41)29-13-10-26(11-14-29)35(3,4)5/h10-11,13-14,24-25,27,30-34,38H,8-9,12,15-23H2,1-7H3/t24-,25+,27-,30+,31-,32+,33+,34+,36-,37-/m1/s1. The van der Waals surface area contributed by atoms with Crippen molar-refractivity contribution in [2.24, 2.45) is 52.3 Å². The largest absolute Gasteiger partial charge is 0.393 e. The van der Waals surface area contributed by atoms with Crippen LogP contribution in [0.5, 0.6) is 0 Å². The minimum absolute atomic E-state index is 0.0438. The molecule has 4 fully saturated rings. The van der Waals surface area contributed by atoms with Gasteiger partial charge in [-0.2, -0.15) is 0 Å². The van der Waals surface area contributed by atoms with Gasteiger partial charge in [0.1, 0.15) is 11.5 Å². The van der Waals surface area contributed by atoms with Crippen LogP contribution in [0, 0.1) is 52.3 Å². The molecule has 4 aliphatic carbocycles. The van der Waals surface area contributed by atoms with E-state index >= 15 is 0 Å². The van der Waals surface area contributed by atoms with Gasteiger partial charge in [0.05, 0.1) is 11.0 Å².